The third-order valence-corrected chi connectivity index (χ3v) is 3.22. The first-order chi connectivity index (χ1) is 6.81. The van der Waals surface area contributed by atoms with E-state index in [1.165, 1.54) is 36.0 Å². The molecule has 1 aromatic carbocycles. The third kappa shape index (κ3) is 1.83. The van der Waals surface area contributed by atoms with Crippen LogP contribution in [0.25, 0.3) is 0 Å². The Morgan fingerprint density at radius 2 is 2.29 bits per heavy atom. The summed E-state index contributed by atoms with van der Waals surface area (Å²) in [5.74, 6) is 0.601. The lowest BCUT2D eigenvalue weighted by Crippen LogP contribution is -2.11. The number of aryl methyl sites for hydroxylation is 2. The van der Waals surface area contributed by atoms with Crippen molar-refractivity contribution in [1.82, 2.24) is 0 Å². The fraction of sp³-hybridized carbons (Fsp3) is 0.538. The van der Waals surface area contributed by atoms with Gasteiger partial charge < -0.3 is 5.11 Å². The lowest BCUT2D eigenvalue weighted by molar-refractivity contribution is 0.269. The summed E-state index contributed by atoms with van der Waals surface area (Å²) in [4.78, 5) is 0. The summed E-state index contributed by atoms with van der Waals surface area (Å²) in [6.45, 7) is 2.46. The monoisotopic (exact) mass is 190 g/mol. The molecular weight excluding hydrogens is 172 g/mol. The molecule has 1 N–H and O–H groups in total. The van der Waals surface area contributed by atoms with Crippen LogP contribution < -0.4 is 0 Å². The maximum Gasteiger partial charge on any atom is 0.0436 e. The highest BCUT2D eigenvalue weighted by Gasteiger charge is 2.19. The maximum atomic E-state index is 9.01. The molecule has 0 radical (unpaired) electrons. The molecule has 0 fully saturated rings. The summed E-state index contributed by atoms with van der Waals surface area (Å²) in [5.41, 5.74) is 4.33. The van der Waals surface area contributed by atoms with E-state index >= 15 is 0 Å². The van der Waals surface area contributed by atoms with Gasteiger partial charge in [-0.15, -0.1) is 0 Å². The van der Waals surface area contributed by atoms with E-state index < -0.39 is 0 Å². The Hall–Kier alpha value is -0.820. The van der Waals surface area contributed by atoms with Crippen LogP contribution in [0.4, 0.5) is 0 Å². The van der Waals surface area contributed by atoms with Gasteiger partial charge in [-0.3, -0.25) is 0 Å². The van der Waals surface area contributed by atoms with Crippen molar-refractivity contribution < 1.29 is 5.11 Å². The summed E-state index contributed by atoms with van der Waals surface area (Å²) in [6, 6.07) is 6.75. The van der Waals surface area contributed by atoms with Gasteiger partial charge in [0.1, 0.15) is 0 Å². The number of hydrogen-bond donors (Lipinski definition) is 1. The summed E-state index contributed by atoms with van der Waals surface area (Å²) >= 11 is 0. The van der Waals surface area contributed by atoms with E-state index in [4.69, 9.17) is 5.11 Å². The minimum Gasteiger partial charge on any atom is -0.396 e. The SMILES string of the molecule is Cc1ccc2c(c1)C(CCO)CCC2. The molecule has 0 saturated heterocycles. The third-order valence-electron chi connectivity index (χ3n) is 3.22. The Morgan fingerprint density at radius 1 is 1.43 bits per heavy atom. The van der Waals surface area contributed by atoms with E-state index in [9.17, 15) is 0 Å². The van der Waals surface area contributed by atoms with Crippen LogP contribution in [0.3, 0.4) is 0 Å². The Balaban J connectivity index is 2.32. The molecule has 1 aromatic rings. The second-order valence-electron chi connectivity index (χ2n) is 4.30. The maximum absolute atomic E-state index is 9.01. The molecule has 0 spiro atoms. The Bertz CT molecular complexity index is 317. The molecule has 0 saturated carbocycles. The largest absolute Gasteiger partial charge is 0.396 e. The first-order valence-corrected chi connectivity index (χ1v) is 5.51. The highest BCUT2D eigenvalue weighted by Crippen LogP contribution is 2.34. The van der Waals surface area contributed by atoms with Gasteiger partial charge in [-0.05, 0) is 49.7 Å². The minimum absolute atomic E-state index is 0.318. The molecule has 1 aliphatic rings. The number of rotatable bonds is 2. The number of aliphatic hydroxyl groups excluding tert-OH is 1. The van der Waals surface area contributed by atoms with Crippen molar-refractivity contribution in [1.29, 1.82) is 0 Å². The topological polar surface area (TPSA) is 20.2 Å². The molecule has 0 heterocycles. The van der Waals surface area contributed by atoms with Crippen LogP contribution in [-0.4, -0.2) is 11.7 Å². The molecule has 0 aliphatic heterocycles. The normalized spacial score (nSPS) is 20.6. The molecule has 2 rings (SSSR count). The average Bonchev–Trinajstić information content (AvgIpc) is 2.19. The van der Waals surface area contributed by atoms with E-state index in [1.807, 2.05) is 0 Å². The highest BCUT2D eigenvalue weighted by atomic mass is 16.3. The Labute approximate surface area is 85.8 Å². The fourth-order valence-corrected chi connectivity index (χ4v) is 2.47. The molecule has 1 heteroatoms. The van der Waals surface area contributed by atoms with Crippen LogP contribution in [0, 0.1) is 6.92 Å². The standard InChI is InChI=1S/C13H18O/c1-10-5-6-11-3-2-4-12(7-8-14)13(11)9-10/h5-6,9,12,14H,2-4,7-8H2,1H3. The van der Waals surface area contributed by atoms with E-state index in [0.29, 0.717) is 12.5 Å². The Morgan fingerprint density at radius 3 is 3.07 bits per heavy atom. The van der Waals surface area contributed by atoms with E-state index in [-0.39, 0.29) is 0 Å². The van der Waals surface area contributed by atoms with Crippen molar-refractivity contribution in [2.45, 2.75) is 38.5 Å². The summed E-state index contributed by atoms with van der Waals surface area (Å²) in [7, 11) is 0. The molecule has 1 atom stereocenters. The molecular formula is C13H18O. The summed E-state index contributed by atoms with van der Waals surface area (Å²) < 4.78 is 0. The van der Waals surface area contributed by atoms with Crippen molar-refractivity contribution in [2.24, 2.45) is 0 Å². The zero-order valence-corrected chi connectivity index (χ0v) is 8.79. The zero-order chi connectivity index (χ0) is 9.97. The predicted molar refractivity (Wildman–Crippen MR) is 58.6 cm³/mol. The second kappa shape index (κ2) is 4.14. The van der Waals surface area contributed by atoms with Crippen molar-refractivity contribution in [3.8, 4) is 0 Å². The van der Waals surface area contributed by atoms with Gasteiger partial charge in [-0.2, -0.15) is 0 Å². The smallest absolute Gasteiger partial charge is 0.0436 e. The van der Waals surface area contributed by atoms with Gasteiger partial charge in [0.2, 0.25) is 0 Å². The van der Waals surface area contributed by atoms with Crippen LogP contribution in [0.15, 0.2) is 18.2 Å². The first kappa shape index (κ1) is 9.72. The van der Waals surface area contributed by atoms with Crippen LogP contribution in [0.2, 0.25) is 0 Å². The number of aliphatic hydroxyl groups is 1. The van der Waals surface area contributed by atoms with Crippen LogP contribution >= 0.6 is 0 Å². The molecule has 0 amide bonds. The molecule has 1 aliphatic carbocycles. The Kier molecular flexibility index (Phi) is 2.87. The van der Waals surface area contributed by atoms with E-state index in [1.54, 1.807) is 0 Å². The lowest BCUT2D eigenvalue weighted by Gasteiger charge is -2.25. The number of benzene rings is 1. The van der Waals surface area contributed by atoms with E-state index in [0.717, 1.165) is 6.42 Å². The average molecular weight is 190 g/mol. The molecule has 14 heavy (non-hydrogen) atoms. The van der Waals surface area contributed by atoms with Crippen molar-refractivity contribution in [2.75, 3.05) is 6.61 Å². The molecule has 0 bridgehead atoms. The highest BCUT2D eigenvalue weighted by molar-refractivity contribution is 5.36. The minimum atomic E-state index is 0.318. The van der Waals surface area contributed by atoms with Gasteiger partial charge in [0.15, 0.2) is 0 Å². The quantitative estimate of drug-likeness (QED) is 0.760. The van der Waals surface area contributed by atoms with Crippen LogP contribution in [-0.2, 0) is 6.42 Å². The van der Waals surface area contributed by atoms with Crippen molar-refractivity contribution >= 4 is 0 Å². The van der Waals surface area contributed by atoms with E-state index in [2.05, 4.69) is 25.1 Å². The molecule has 0 aromatic heterocycles. The van der Waals surface area contributed by atoms with Gasteiger partial charge >= 0.3 is 0 Å². The number of hydrogen-bond acceptors (Lipinski definition) is 1. The van der Waals surface area contributed by atoms with Crippen molar-refractivity contribution in [3.63, 3.8) is 0 Å². The van der Waals surface area contributed by atoms with Crippen molar-refractivity contribution in [3.05, 3.63) is 34.9 Å². The predicted octanol–water partition coefficient (Wildman–Crippen LogP) is 2.80. The number of fused-ring (bicyclic) bond motifs is 1. The van der Waals surface area contributed by atoms with Gasteiger partial charge in [-0.1, -0.05) is 23.8 Å². The molecule has 1 unspecified atom stereocenters. The van der Waals surface area contributed by atoms with Gasteiger partial charge in [0, 0.05) is 6.61 Å². The fourth-order valence-electron chi connectivity index (χ4n) is 2.47. The zero-order valence-electron chi connectivity index (χ0n) is 8.79. The van der Waals surface area contributed by atoms with Crippen LogP contribution in [0.1, 0.15) is 41.9 Å². The lowest BCUT2D eigenvalue weighted by atomic mass is 9.80. The van der Waals surface area contributed by atoms with Gasteiger partial charge in [0.25, 0.3) is 0 Å². The van der Waals surface area contributed by atoms with Crippen LogP contribution in [0.5, 0.6) is 0 Å². The molecule has 1 nitrogen and oxygen atoms in total. The van der Waals surface area contributed by atoms with Gasteiger partial charge in [-0.25, -0.2) is 0 Å². The summed E-state index contributed by atoms with van der Waals surface area (Å²) in [6.07, 6.45) is 4.67. The summed E-state index contributed by atoms with van der Waals surface area (Å²) in [5, 5.41) is 9.01. The molecule has 76 valence electrons. The first-order valence-electron chi connectivity index (χ1n) is 5.51. The second-order valence-corrected chi connectivity index (χ2v) is 4.30. The van der Waals surface area contributed by atoms with Gasteiger partial charge in [0.05, 0.1) is 0 Å².